The second kappa shape index (κ2) is 6.25. The van der Waals surface area contributed by atoms with Crippen LogP contribution in [0.1, 0.15) is 44.1 Å². The Morgan fingerprint density at radius 1 is 1.16 bits per heavy atom. The van der Waals surface area contributed by atoms with Gasteiger partial charge in [0, 0.05) is 18.3 Å². The Kier molecular flexibility index (Phi) is 4.19. The molecule has 0 amide bonds. The van der Waals surface area contributed by atoms with Crippen molar-refractivity contribution in [1.82, 2.24) is 10.3 Å². The van der Waals surface area contributed by atoms with Gasteiger partial charge in [-0.1, -0.05) is 37.8 Å². The molecule has 3 rings (SSSR count). The van der Waals surface area contributed by atoms with Gasteiger partial charge in [0.15, 0.2) is 0 Å². The van der Waals surface area contributed by atoms with Gasteiger partial charge in [0.25, 0.3) is 0 Å². The van der Waals surface area contributed by atoms with Gasteiger partial charge in [-0.05, 0) is 48.4 Å². The first-order valence-corrected chi connectivity index (χ1v) is 7.68. The van der Waals surface area contributed by atoms with Crippen molar-refractivity contribution < 1.29 is 0 Å². The quantitative estimate of drug-likeness (QED) is 0.744. The minimum absolute atomic E-state index is 0.986. The van der Waals surface area contributed by atoms with Crippen LogP contribution in [0.25, 0.3) is 10.9 Å². The second-order valence-corrected chi connectivity index (χ2v) is 5.87. The Labute approximate surface area is 115 Å². The molecular weight excluding hydrogens is 232 g/mol. The van der Waals surface area contributed by atoms with Crippen LogP contribution in [0.5, 0.6) is 0 Å². The van der Waals surface area contributed by atoms with E-state index < -0.39 is 0 Å². The molecule has 0 bridgehead atoms. The summed E-state index contributed by atoms with van der Waals surface area (Å²) in [5.41, 5.74) is 2.61. The average molecular weight is 256 g/mol. The number of aromatic amines is 1. The summed E-state index contributed by atoms with van der Waals surface area (Å²) in [7, 11) is 0. The van der Waals surface area contributed by atoms with Crippen molar-refractivity contribution in [3.05, 3.63) is 36.0 Å². The highest BCUT2D eigenvalue weighted by Gasteiger charge is 2.13. The van der Waals surface area contributed by atoms with Crippen molar-refractivity contribution in [3.63, 3.8) is 0 Å². The van der Waals surface area contributed by atoms with Crippen LogP contribution in [0.2, 0.25) is 0 Å². The summed E-state index contributed by atoms with van der Waals surface area (Å²) < 4.78 is 0. The molecule has 0 atom stereocenters. The fraction of sp³-hybridized carbons (Fsp3) is 0.529. The van der Waals surface area contributed by atoms with Crippen molar-refractivity contribution in [2.45, 2.75) is 45.1 Å². The summed E-state index contributed by atoms with van der Waals surface area (Å²) in [4.78, 5) is 3.27. The molecule has 2 nitrogen and oxygen atoms in total. The van der Waals surface area contributed by atoms with Crippen molar-refractivity contribution in [2.24, 2.45) is 5.92 Å². The van der Waals surface area contributed by atoms with Crippen LogP contribution < -0.4 is 5.32 Å². The number of H-pyrrole nitrogens is 1. The molecule has 2 heteroatoms. The van der Waals surface area contributed by atoms with Crippen molar-refractivity contribution in [1.29, 1.82) is 0 Å². The molecule has 0 spiro atoms. The second-order valence-electron chi connectivity index (χ2n) is 5.87. The van der Waals surface area contributed by atoms with Crippen molar-refractivity contribution in [2.75, 3.05) is 6.54 Å². The summed E-state index contributed by atoms with van der Waals surface area (Å²) in [5.74, 6) is 1.03. The zero-order chi connectivity index (χ0) is 12.9. The molecule has 0 saturated heterocycles. The van der Waals surface area contributed by atoms with Gasteiger partial charge in [-0.3, -0.25) is 0 Å². The van der Waals surface area contributed by atoms with Crippen LogP contribution in [0.4, 0.5) is 0 Å². The molecule has 1 heterocycles. The van der Waals surface area contributed by atoms with E-state index in [1.54, 1.807) is 0 Å². The van der Waals surface area contributed by atoms with E-state index in [9.17, 15) is 0 Å². The van der Waals surface area contributed by atoms with E-state index in [1.165, 1.54) is 55.0 Å². The third-order valence-corrected chi connectivity index (χ3v) is 4.39. The average Bonchev–Trinajstić information content (AvgIpc) is 3.08. The van der Waals surface area contributed by atoms with E-state index in [4.69, 9.17) is 0 Å². The molecule has 1 aromatic heterocycles. The number of fused-ring (bicyclic) bond motifs is 1. The number of benzene rings is 1. The van der Waals surface area contributed by atoms with Crippen molar-refractivity contribution in [3.8, 4) is 0 Å². The number of rotatable bonds is 6. The van der Waals surface area contributed by atoms with Gasteiger partial charge in [-0.25, -0.2) is 0 Å². The predicted molar refractivity (Wildman–Crippen MR) is 81.2 cm³/mol. The highest BCUT2D eigenvalue weighted by Crippen LogP contribution is 2.28. The molecule has 2 aromatic rings. The molecule has 0 aliphatic heterocycles. The monoisotopic (exact) mass is 256 g/mol. The standard InChI is InChI=1S/C17H24N2/c1-2-5-14(4-1)6-3-10-18-13-15-7-8-16-9-11-19-17(16)12-15/h7-9,11-12,14,18-19H,1-6,10,13H2. The lowest BCUT2D eigenvalue weighted by atomic mass is 10.0. The maximum absolute atomic E-state index is 3.57. The first-order chi connectivity index (χ1) is 9.42. The number of nitrogens with one attached hydrogen (secondary N) is 2. The highest BCUT2D eigenvalue weighted by atomic mass is 14.8. The summed E-state index contributed by atoms with van der Waals surface area (Å²) in [6.07, 6.45) is 10.6. The fourth-order valence-corrected chi connectivity index (χ4v) is 3.25. The lowest BCUT2D eigenvalue weighted by Gasteiger charge is -2.09. The van der Waals surface area contributed by atoms with Crippen LogP contribution in [-0.2, 0) is 6.54 Å². The lowest BCUT2D eigenvalue weighted by Crippen LogP contribution is -2.15. The topological polar surface area (TPSA) is 27.8 Å². The third kappa shape index (κ3) is 3.38. The maximum atomic E-state index is 3.57. The van der Waals surface area contributed by atoms with Crippen LogP contribution in [0.15, 0.2) is 30.5 Å². The number of hydrogen-bond donors (Lipinski definition) is 2. The molecule has 0 unspecified atom stereocenters. The van der Waals surface area contributed by atoms with Gasteiger partial charge >= 0.3 is 0 Å². The summed E-state index contributed by atoms with van der Waals surface area (Å²) >= 11 is 0. The molecule has 0 radical (unpaired) electrons. The third-order valence-electron chi connectivity index (χ3n) is 4.39. The largest absolute Gasteiger partial charge is 0.361 e. The van der Waals surface area contributed by atoms with E-state index in [2.05, 4.69) is 34.6 Å². The first-order valence-electron chi connectivity index (χ1n) is 7.68. The van der Waals surface area contributed by atoms with Gasteiger partial charge < -0.3 is 10.3 Å². The summed E-state index contributed by atoms with van der Waals surface area (Å²) in [6.45, 7) is 2.14. The van der Waals surface area contributed by atoms with Crippen LogP contribution >= 0.6 is 0 Å². The number of hydrogen-bond acceptors (Lipinski definition) is 1. The smallest absolute Gasteiger partial charge is 0.0457 e. The molecule has 1 aromatic carbocycles. The van der Waals surface area contributed by atoms with E-state index in [-0.39, 0.29) is 0 Å². The SMILES string of the molecule is c1cc2ccc(CNCCCC3CCCC3)cc2[nH]1. The Morgan fingerprint density at radius 3 is 2.95 bits per heavy atom. The minimum Gasteiger partial charge on any atom is -0.361 e. The van der Waals surface area contributed by atoms with E-state index in [1.807, 2.05) is 6.20 Å². The molecule has 102 valence electrons. The van der Waals surface area contributed by atoms with Crippen molar-refractivity contribution >= 4 is 10.9 Å². The maximum Gasteiger partial charge on any atom is 0.0457 e. The Morgan fingerprint density at radius 2 is 2.05 bits per heavy atom. The Hall–Kier alpha value is -1.28. The summed E-state index contributed by atoms with van der Waals surface area (Å²) in [5, 5.41) is 4.86. The molecule has 1 saturated carbocycles. The molecule has 2 N–H and O–H groups in total. The van der Waals surface area contributed by atoms with Gasteiger partial charge in [0.2, 0.25) is 0 Å². The van der Waals surface area contributed by atoms with E-state index in [0.717, 1.165) is 19.0 Å². The van der Waals surface area contributed by atoms with Gasteiger partial charge in [-0.2, -0.15) is 0 Å². The zero-order valence-corrected chi connectivity index (χ0v) is 11.6. The molecule has 1 aliphatic carbocycles. The van der Waals surface area contributed by atoms with E-state index in [0.29, 0.717) is 0 Å². The summed E-state index contributed by atoms with van der Waals surface area (Å²) in [6, 6.07) is 8.79. The Bertz CT molecular complexity index is 509. The van der Waals surface area contributed by atoms with Crippen LogP contribution in [-0.4, -0.2) is 11.5 Å². The lowest BCUT2D eigenvalue weighted by molar-refractivity contribution is 0.470. The van der Waals surface area contributed by atoms with Crippen LogP contribution in [0.3, 0.4) is 0 Å². The fourth-order valence-electron chi connectivity index (χ4n) is 3.25. The molecule has 1 fully saturated rings. The normalized spacial score (nSPS) is 16.4. The first kappa shape index (κ1) is 12.7. The predicted octanol–water partition coefficient (Wildman–Crippen LogP) is 4.23. The van der Waals surface area contributed by atoms with Gasteiger partial charge in [0.1, 0.15) is 0 Å². The number of aromatic nitrogens is 1. The Balaban J connectivity index is 1.39. The van der Waals surface area contributed by atoms with Gasteiger partial charge in [0.05, 0.1) is 0 Å². The molecule has 19 heavy (non-hydrogen) atoms. The minimum atomic E-state index is 0.986. The van der Waals surface area contributed by atoms with Gasteiger partial charge in [-0.15, -0.1) is 0 Å². The zero-order valence-electron chi connectivity index (χ0n) is 11.6. The highest BCUT2D eigenvalue weighted by molar-refractivity contribution is 5.79. The van der Waals surface area contributed by atoms with Crippen LogP contribution in [0, 0.1) is 5.92 Å². The van der Waals surface area contributed by atoms with E-state index >= 15 is 0 Å². The molecular formula is C17H24N2. The molecule has 1 aliphatic rings.